The first-order valence-electron chi connectivity index (χ1n) is 7.75. The molecule has 1 saturated heterocycles. The Morgan fingerprint density at radius 3 is 2.52 bits per heavy atom. The van der Waals surface area contributed by atoms with Crippen LogP contribution in [0.2, 0.25) is 0 Å². The van der Waals surface area contributed by atoms with Gasteiger partial charge in [0, 0.05) is 36.1 Å². The summed E-state index contributed by atoms with van der Waals surface area (Å²) in [6, 6.07) is 15.3. The van der Waals surface area contributed by atoms with Crippen molar-refractivity contribution < 1.29 is 9.53 Å². The molecule has 2 aromatic rings. The molecule has 0 N–H and O–H groups in total. The fourth-order valence-electron chi connectivity index (χ4n) is 2.71. The predicted molar refractivity (Wildman–Crippen MR) is 95.2 cm³/mol. The summed E-state index contributed by atoms with van der Waals surface area (Å²) in [5.41, 5.74) is 3.52. The molecule has 0 aromatic heterocycles. The molecule has 1 aliphatic heterocycles. The van der Waals surface area contributed by atoms with Crippen LogP contribution in [-0.4, -0.2) is 42.4 Å². The highest BCUT2D eigenvalue weighted by molar-refractivity contribution is 7.79. The molecule has 1 aliphatic rings. The molecule has 3 nitrogen and oxygen atoms in total. The van der Waals surface area contributed by atoms with Gasteiger partial charge in [-0.05, 0) is 17.2 Å². The standard InChI is InChI=1S/C19H19NO2S/c21-19(17-6-4-15(14-23)5-7-17)18-3-1-2-16(12-18)13-20-8-10-22-11-9-20/h1-7,12,14H,8-11,13H2. The first-order valence-corrected chi connectivity index (χ1v) is 8.22. The fourth-order valence-corrected chi connectivity index (χ4v) is 2.87. The number of benzene rings is 2. The molecule has 3 rings (SSSR count). The molecule has 1 heterocycles. The summed E-state index contributed by atoms with van der Waals surface area (Å²) in [6.45, 7) is 4.30. The van der Waals surface area contributed by atoms with Crippen molar-refractivity contribution in [2.45, 2.75) is 6.54 Å². The largest absolute Gasteiger partial charge is 0.379 e. The zero-order chi connectivity index (χ0) is 16.1. The highest BCUT2D eigenvalue weighted by Gasteiger charge is 2.13. The summed E-state index contributed by atoms with van der Waals surface area (Å²) >= 11 is 4.89. The second-order valence-corrected chi connectivity index (χ2v) is 5.89. The van der Waals surface area contributed by atoms with Crippen LogP contribution in [0.25, 0.3) is 0 Å². The number of carbonyl (C=O) groups is 1. The molecule has 1 fully saturated rings. The summed E-state index contributed by atoms with van der Waals surface area (Å²) in [4.78, 5) is 15.0. The number of morpholine rings is 1. The van der Waals surface area contributed by atoms with Crippen molar-refractivity contribution in [1.82, 2.24) is 4.90 Å². The van der Waals surface area contributed by atoms with Crippen LogP contribution in [0.1, 0.15) is 27.0 Å². The van der Waals surface area contributed by atoms with Gasteiger partial charge in [0.15, 0.2) is 5.78 Å². The molecular weight excluding hydrogens is 306 g/mol. The predicted octanol–water partition coefficient (Wildman–Crippen LogP) is 3.10. The maximum atomic E-state index is 12.6. The van der Waals surface area contributed by atoms with Gasteiger partial charge >= 0.3 is 0 Å². The monoisotopic (exact) mass is 325 g/mol. The summed E-state index contributed by atoms with van der Waals surface area (Å²) in [6.07, 6.45) is 0. The minimum atomic E-state index is 0.0461. The Morgan fingerprint density at radius 1 is 1.09 bits per heavy atom. The van der Waals surface area contributed by atoms with E-state index in [1.165, 1.54) is 0 Å². The average Bonchev–Trinajstić information content (AvgIpc) is 2.62. The normalized spacial score (nSPS) is 15.3. The smallest absolute Gasteiger partial charge is 0.193 e. The van der Waals surface area contributed by atoms with E-state index in [2.05, 4.69) is 11.0 Å². The van der Waals surface area contributed by atoms with Crippen molar-refractivity contribution in [2.24, 2.45) is 0 Å². The Labute approximate surface area is 141 Å². The number of hydrogen-bond donors (Lipinski definition) is 0. The van der Waals surface area contributed by atoms with Gasteiger partial charge in [-0.3, -0.25) is 9.69 Å². The van der Waals surface area contributed by atoms with E-state index in [1.54, 1.807) is 5.37 Å². The number of carbonyl (C=O) groups excluding carboxylic acids is 1. The van der Waals surface area contributed by atoms with Crippen molar-refractivity contribution in [2.75, 3.05) is 26.3 Å². The molecule has 0 unspecified atom stereocenters. The van der Waals surface area contributed by atoms with Crippen molar-refractivity contribution in [3.63, 3.8) is 0 Å². The van der Waals surface area contributed by atoms with Gasteiger partial charge in [-0.15, -0.1) is 0 Å². The van der Waals surface area contributed by atoms with E-state index in [1.807, 2.05) is 42.5 Å². The Morgan fingerprint density at radius 2 is 1.83 bits per heavy atom. The zero-order valence-corrected chi connectivity index (χ0v) is 13.7. The topological polar surface area (TPSA) is 29.5 Å². The highest BCUT2D eigenvalue weighted by atomic mass is 32.1. The number of thiocarbonyl (C=S) groups is 1. The number of ketones is 1. The van der Waals surface area contributed by atoms with Crippen molar-refractivity contribution >= 4 is 23.4 Å². The summed E-state index contributed by atoms with van der Waals surface area (Å²) < 4.78 is 5.37. The Kier molecular flexibility index (Phi) is 5.28. The molecular formula is C19H19NO2S. The minimum absolute atomic E-state index is 0.0461. The second kappa shape index (κ2) is 7.59. The molecule has 23 heavy (non-hydrogen) atoms. The molecule has 2 aromatic carbocycles. The molecule has 0 spiro atoms. The van der Waals surface area contributed by atoms with Crippen LogP contribution < -0.4 is 0 Å². The van der Waals surface area contributed by atoms with Gasteiger partial charge in [0.25, 0.3) is 0 Å². The minimum Gasteiger partial charge on any atom is -0.379 e. The molecule has 118 valence electrons. The number of hydrogen-bond acceptors (Lipinski definition) is 4. The molecule has 0 atom stereocenters. The maximum Gasteiger partial charge on any atom is 0.193 e. The first-order chi connectivity index (χ1) is 11.3. The number of ether oxygens (including phenoxy) is 1. The quantitative estimate of drug-likeness (QED) is 0.624. The number of nitrogens with zero attached hydrogens (tertiary/aromatic N) is 1. The van der Waals surface area contributed by atoms with Crippen LogP contribution in [-0.2, 0) is 11.3 Å². The van der Waals surface area contributed by atoms with Gasteiger partial charge in [-0.25, -0.2) is 0 Å². The average molecular weight is 325 g/mol. The molecule has 0 amide bonds. The Hall–Kier alpha value is -1.88. The van der Waals surface area contributed by atoms with Gasteiger partial charge in [0.05, 0.1) is 13.2 Å². The molecule has 0 saturated carbocycles. The summed E-state index contributed by atoms with van der Waals surface area (Å²) in [7, 11) is 0. The fraction of sp³-hybridized carbons (Fsp3) is 0.263. The van der Waals surface area contributed by atoms with Crippen LogP contribution in [0, 0.1) is 0 Å². The maximum absolute atomic E-state index is 12.6. The summed E-state index contributed by atoms with van der Waals surface area (Å²) in [5.74, 6) is 0.0461. The molecule has 0 radical (unpaired) electrons. The Balaban J connectivity index is 1.75. The highest BCUT2D eigenvalue weighted by Crippen LogP contribution is 2.14. The van der Waals surface area contributed by atoms with E-state index in [4.69, 9.17) is 17.0 Å². The van der Waals surface area contributed by atoms with Crippen LogP contribution in [0.5, 0.6) is 0 Å². The lowest BCUT2D eigenvalue weighted by atomic mass is 10.0. The molecule has 4 heteroatoms. The zero-order valence-electron chi connectivity index (χ0n) is 12.9. The molecule has 0 bridgehead atoms. The van der Waals surface area contributed by atoms with Crippen LogP contribution in [0.3, 0.4) is 0 Å². The van der Waals surface area contributed by atoms with Crippen LogP contribution in [0.4, 0.5) is 0 Å². The number of rotatable bonds is 5. The van der Waals surface area contributed by atoms with Crippen molar-refractivity contribution in [1.29, 1.82) is 0 Å². The van der Waals surface area contributed by atoms with Gasteiger partial charge in [0.1, 0.15) is 0 Å². The lowest BCUT2D eigenvalue weighted by Crippen LogP contribution is -2.35. The van der Waals surface area contributed by atoms with E-state index >= 15 is 0 Å². The van der Waals surface area contributed by atoms with Gasteiger partial charge in [-0.1, -0.05) is 54.7 Å². The third-order valence-electron chi connectivity index (χ3n) is 4.01. The molecule has 0 aliphatic carbocycles. The van der Waals surface area contributed by atoms with Crippen LogP contribution >= 0.6 is 12.2 Å². The van der Waals surface area contributed by atoms with E-state index in [0.717, 1.165) is 49.5 Å². The van der Waals surface area contributed by atoms with Gasteiger partial charge in [-0.2, -0.15) is 0 Å². The van der Waals surface area contributed by atoms with Gasteiger partial charge in [0.2, 0.25) is 0 Å². The SMILES string of the molecule is O=C(c1ccc(C=S)cc1)c1cccc(CN2CCOCC2)c1. The van der Waals surface area contributed by atoms with Gasteiger partial charge < -0.3 is 4.74 Å². The van der Waals surface area contributed by atoms with E-state index in [9.17, 15) is 4.79 Å². The lowest BCUT2D eigenvalue weighted by molar-refractivity contribution is 0.0342. The van der Waals surface area contributed by atoms with Crippen molar-refractivity contribution in [3.8, 4) is 0 Å². The second-order valence-electron chi connectivity index (χ2n) is 5.66. The first kappa shape index (κ1) is 16.0. The van der Waals surface area contributed by atoms with E-state index in [-0.39, 0.29) is 5.78 Å². The third-order valence-corrected chi connectivity index (χ3v) is 4.28. The Bertz CT molecular complexity index is 691. The van der Waals surface area contributed by atoms with E-state index < -0.39 is 0 Å². The van der Waals surface area contributed by atoms with Crippen LogP contribution in [0.15, 0.2) is 48.5 Å². The third kappa shape index (κ3) is 4.10. The van der Waals surface area contributed by atoms with Crippen molar-refractivity contribution in [3.05, 3.63) is 70.8 Å². The van der Waals surface area contributed by atoms with E-state index in [0.29, 0.717) is 5.56 Å². The summed E-state index contributed by atoms with van der Waals surface area (Å²) in [5, 5.41) is 1.61. The lowest BCUT2D eigenvalue weighted by Gasteiger charge is -2.26.